The fourth-order valence-electron chi connectivity index (χ4n) is 2.36. The summed E-state index contributed by atoms with van der Waals surface area (Å²) in [5.41, 5.74) is 2.60. The molecule has 1 atom stereocenters. The van der Waals surface area contributed by atoms with Crippen molar-refractivity contribution in [3.8, 4) is 0 Å². The van der Waals surface area contributed by atoms with Crippen LogP contribution in [0.15, 0.2) is 24.3 Å². The third-order valence-electron chi connectivity index (χ3n) is 3.56. The molecule has 3 heteroatoms. The van der Waals surface area contributed by atoms with Crippen LogP contribution in [0.1, 0.15) is 25.8 Å². The molecule has 3 nitrogen and oxygen atoms in total. The molecule has 0 bridgehead atoms. The van der Waals surface area contributed by atoms with E-state index in [2.05, 4.69) is 48.3 Å². The molecular formula is C15H24N2O. The molecule has 18 heavy (non-hydrogen) atoms. The van der Waals surface area contributed by atoms with Gasteiger partial charge in [-0.3, -0.25) is 0 Å². The highest BCUT2D eigenvalue weighted by Crippen LogP contribution is 2.23. The van der Waals surface area contributed by atoms with E-state index < -0.39 is 0 Å². The molecule has 0 aromatic heterocycles. The van der Waals surface area contributed by atoms with Crippen molar-refractivity contribution in [3.05, 3.63) is 29.8 Å². The number of nitrogens with one attached hydrogen (secondary N) is 1. The SMILES string of the molecule is CC(C)NCc1ccc(N2CCC(CO)C2)cc1. The van der Waals surface area contributed by atoms with E-state index in [0.717, 1.165) is 26.1 Å². The van der Waals surface area contributed by atoms with Crippen LogP contribution in [0.5, 0.6) is 0 Å². The van der Waals surface area contributed by atoms with Gasteiger partial charge < -0.3 is 15.3 Å². The highest BCUT2D eigenvalue weighted by Gasteiger charge is 2.21. The normalized spacial score (nSPS) is 19.8. The Balaban J connectivity index is 1.91. The summed E-state index contributed by atoms with van der Waals surface area (Å²) in [7, 11) is 0. The van der Waals surface area contributed by atoms with Gasteiger partial charge >= 0.3 is 0 Å². The number of aliphatic hydroxyl groups excluding tert-OH is 1. The average molecular weight is 248 g/mol. The summed E-state index contributed by atoms with van der Waals surface area (Å²) in [6.45, 7) is 7.61. The van der Waals surface area contributed by atoms with Crippen molar-refractivity contribution in [2.75, 3.05) is 24.6 Å². The molecule has 1 aromatic carbocycles. The lowest BCUT2D eigenvalue weighted by Crippen LogP contribution is -2.22. The summed E-state index contributed by atoms with van der Waals surface area (Å²) in [6, 6.07) is 9.29. The number of benzene rings is 1. The third-order valence-corrected chi connectivity index (χ3v) is 3.56. The summed E-state index contributed by atoms with van der Waals surface area (Å²) in [5.74, 6) is 0.451. The summed E-state index contributed by atoms with van der Waals surface area (Å²) < 4.78 is 0. The molecule has 1 aliphatic heterocycles. The monoisotopic (exact) mass is 248 g/mol. The van der Waals surface area contributed by atoms with Crippen LogP contribution < -0.4 is 10.2 Å². The first-order valence-electron chi connectivity index (χ1n) is 6.87. The average Bonchev–Trinajstić information content (AvgIpc) is 2.85. The van der Waals surface area contributed by atoms with Gasteiger partial charge in [-0.2, -0.15) is 0 Å². The Morgan fingerprint density at radius 3 is 2.61 bits per heavy atom. The lowest BCUT2D eigenvalue weighted by atomic mass is 10.1. The second-order valence-corrected chi connectivity index (χ2v) is 5.49. The summed E-state index contributed by atoms with van der Waals surface area (Å²) in [6.07, 6.45) is 1.10. The largest absolute Gasteiger partial charge is 0.396 e. The van der Waals surface area contributed by atoms with Crippen LogP contribution in [0.25, 0.3) is 0 Å². The van der Waals surface area contributed by atoms with Gasteiger partial charge in [0.25, 0.3) is 0 Å². The fourth-order valence-corrected chi connectivity index (χ4v) is 2.36. The molecule has 1 aromatic rings. The van der Waals surface area contributed by atoms with Crippen LogP contribution in [-0.4, -0.2) is 30.8 Å². The zero-order valence-electron chi connectivity index (χ0n) is 11.4. The van der Waals surface area contributed by atoms with Crippen LogP contribution >= 0.6 is 0 Å². The lowest BCUT2D eigenvalue weighted by Gasteiger charge is -2.19. The highest BCUT2D eigenvalue weighted by molar-refractivity contribution is 5.48. The topological polar surface area (TPSA) is 35.5 Å². The van der Waals surface area contributed by atoms with Crippen molar-refractivity contribution >= 4 is 5.69 Å². The number of hydrogen-bond acceptors (Lipinski definition) is 3. The van der Waals surface area contributed by atoms with Crippen molar-refractivity contribution < 1.29 is 5.11 Å². The number of anilines is 1. The Hall–Kier alpha value is -1.06. The summed E-state index contributed by atoms with van der Waals surface area (Å²) >= 11 is 0. The van der Waals surface area contributed by atoms with E-state index in [9.17, 15) is 0 Å². The molecule has 2 rings (SSSR count). The molecule has 2 N–H and O–H groups in total. The zero-order valence-corrected chi connectivity index (χ0v) is 11.4. The van der Waals surface area contributed by atoms with Crippen molar-refractivity contribution in [1.82, 2.24) is 5.32 Å². The van der Waals surface area contributed by atoms with Gasteiger partial charge in [0.1, 0.15) is 0 Å². The number of nitrogens with zero attached hydrogens (tertiary/aromatic N) is 1. The molecule has 0 spiro atoms. The molecule has 0 saturated carbocycles. The van der Waals surface area contributed by atoms with Gasteiger partial charge in [-0.05, 0) is 24.1 Å². The van der Waals surface area contributed by atoms with E-state index in [0.29, 0.717) is 18.6 Å². The molecule has 1 fully saturated rings. The number of hydrogen-bond donors (Lipinski definition) is 2. The lowest BCUT2D eigenvalue weighted by molar-refractivity contribution is 0.238. The second-order valence-electron chi connectivity index (χ2n) is 5.49. The van der Waals surface area contributed by atoms with E-state index in [1.807, 2.05) is 0 Å². The second kappa shape index (κ2) is 6.21. The van der Waals surface area contributed by atoms with E-state index >= 15 is 0 Å². The minimum absolute atomic E-state index is 0.312. The Morgan fingerprint density at radius 2 is 2.06 bits per heavy atom. The number of aliphatic hydroxyl groups is 1. The predicted molar refractivity (Wildman–Crippen MR) is 75.8 cm³/mol. The molecule has 1 aliphatic rings. The summed E-state index contributed by atoms with van der Waals surface area (Å²) in [5, 5.41) is 12.6. The maximum atomic E-state index is 9.16. The molecule has 0 amide bonds. The Labute approximate surface area is 110 Å². The van der Waals surface area contributed by atoms with Gasteiger partial charge in [0.2, 0.25) is 0 Å². The predicted octanol–water partition coefficient (Wildman–Crippen LogP) is 2.00. The van der Waals surface area contributed by atoms with Gasteiger partial charge in [-0.25, -0.2) is 0 Å². The highest BCUT2D eigenvalue weighted by atomic mass is 16.3. The number of rotatable bonds is 5. The van der Waals surface area contributed by atoms with Gasteiger partial charge in [0, 0.05) is 43.9 Å². The van der Waals surface area contributed by atoms with Crippen LogP contribution in [0.2, 0.25) is 0 Å². The van der Waals surface area contributed by atoms with Crippen molar-refractivity contribution in [2.24, 2.45) is 5.92 Å². The maximum Gasteiger partial charge on any atom is 0.0476 e. The van der Waals surface area contributed by atoms with Gasteiger partial charge in [-0.1, -0.05) is 26.0 Å². The van der Waals surface area contributed by atoms with E-state index in [4.69, 9.17) is 5.11 Å². The van der Waals surface area contributed by atoms with E-state index in [1.54, 1.807) is 0 Å². The first-order chi connectivity index (χ1) is 8.69. The quantitative estimate of drug-likeness (QED) is 0.836. The fraction of sp³-hybridized carbons (Fsp3) is 0.600. The Kier molecular flexibility index (Phi) is 4.61. The smallest absolute Gasteiger partial charge is 0.0476 e. The zero-order chi connectivity index (χ0) is 13.0. The van der Waals surface area contributed by atoms with Gasteiger partial charge in [0.15, 0.2) is 0 Å². The standard InChI is InChI=1S/C15H24N2O/c1-12(2)16-9-13-3-5-15(6-4-13)17-8-7-14(10-17)11-18/h3-6,12,14,16,18H,7-11H2,1-2H3. The summed E-state index contributed by atoms with van der Waals surface area (Å²) in [4.78, 5) is 2.36. The first-order valence-corrected chi connectivity index (χ1v) is 6.87. The van der Waals surface area contributed by atoms with Crippen LogP contribution in [-0.2, 0) is 6.54 Å². The Morgan fingerprint density at radius 1 is 1.33 bits per heavy atom. The first kappa shape index (κ1) is 13.4. The van der Waals surface area contributed by atoms with Crippen molar-refractivity contribution in [2.45, 2.75) is 32.9 Å². The molecule has 0 radical (unpaired) electrons. The maximum absolute atomic E-state index is 9.16. The van der Waals surface area contributed by atoms with Gasteiger partial charge in [0.05, 0.1) is 0 Å². The van der Waals surface area contributed by atoms with Crippen molar-refractivity contribution in [3.63, 3.8) is 0 Å². The van der Waals surface area contributed by atoms with E-state index in [1.165, 1.54) is 11.3 Å². The molecule has 1 heterocycles. The van der Waals surface area contributed by atoms with Crippen molar-refractivity contribution in [1.29, 1.82) is 0 Å². The molecular weight excluding hydrogens is 224 g/mol. The van der Waals surface area contributed by atoms with Gasteiger partial charge in [-0.15, -0.1) is 0 Å². The van der Waals surface area contributed by atoms with Crippen LogP contribution in [0.3, 0.4) is 0 Å². The van der Waals surface area contributed by atoms with Crippen LogP contribution in [0, 0.1) is 5.92 Å². The molecule has 100 valence electrons. The molecule has 1 unspecified atom stereocenters. The Bertz CT molecular complexity index is 361. The minimum Gasteiger partial charge on any atom is -0.396 e. The van der Waals surface area contributed by atoms with Crippen LogP contribution in [0.4, 0.5) is 5.69 Å². The molecule has 1 saturated heterocycles. The third kappa shape index (κ3) is 3.47. The minimum atomic E-state index is 0.312. The van der Waals surface area contributed by atoms with E-state index in [-0.39, 0.29) is 0 Å². The molecule has 0 aliphatic carbocycles.